The fraction of sp³-hybridized carbons (Fsp3) is 0.333. The van der Waals surface area contributed by atoms with E-state index in [1.54, 1.807) is 12.1 Å². The molecule has 2 heterocycles. The average Bonchev–Trinajstić information content (AvgIpc) is 2.73. The Morgan fingerprint density at radius 3 is 2.47 bits per heavy atom. The van der Waals surface area contributed by atoms with Crippen molar-refractivity contribution in [2.45, 2.75) is 38.4 Å². The molecule has 0 spiro atoms. The molecule has 3 aromatic rings. The maximum absolute atomic E-state index is 12.9. The average molecular weight is 417 g/mol. The monoisotopic (exact) mass is 417 g/mol. The Bertz CT molecular complexity index is 1290. The van der Waals surface area contributed by atoms with E-state index in [4.69, 9.17) is 0 Å². The lowest BCUT2D eigenvalue weighted by atomic mass is 9.90. The quantitative estimate of drug-likeness (QED) is 0.615. The topological polar surface area (TPSA) is 74.0 Å². The van der Waals surface area contributed by atoms with E-state index >= 15 is 0 Å². The molecule has 1 aliphatic carbocycles. The summed E-state index contributed by atoms with van der Waals surface area (Å²) in [5.41, 5.74) is -0.635. The Balaban J connectivity index is 1.75. The molecule has 0 saturated carbocycles. The Kier molecular flexibility index (Phi) is 4.83. The zero-order valence-electron chi connectivity index (χ0n) is 16.1. The fourth-order valence-electron chi connectivity index (χ4n) is 3.81. The van der Waals surface area contributed by atoms with Crippen LogP contribution >= 0.6 is 0 Å². The molecule has 0 aliphatic heterocycles. The molecule has 6 nitrogen and oxygen atoms in total. The standard InChI is InChI=1S/C21H18F3N3O3/c1-26-18-15(8-9-17(25-18)21(22,23)24)19(29)27(20(26)30)11-16(28)14-7-6-12-4-2-3-5-13(12)10-14/h6-10H,2-5,11H2,1H3. The van der Waals surface area contributed by atoms with Crippen LogP contribution in [0.4, 0.5) is 13.2 Å². The minimum absolute atomic E-state index is 0.164. The minimum atomic E-state index is -4.71. The molecule has 0 saturated heterocycles. The predicted molar refractivity (Wildman–Crippen MR) is 104 cm³/mol. The maximum Gasteiger partial charge on any atom is 0.433 e. The van der Waals surface area contributed by atoms with E-state index in [1.807, 2.05) is 6.07 Å². The number of carbonyl (C=O) groups is 1. The van der Waals surface area contributed by atoms with Gasteiger partial charge in [-0.25, -0.2) is 9.78 Å². The van der Waals surface area contributed by atoms with E-state index in [0.29, 0.717) is 11.6 Å². The third-order valence-corrected chi connectivity index (χ3v) is 5.45. The lowest BCUT2D eigenvalue weighted by Crippen LogP contribution is -2.41. The number of halogens is 3. The smallest absolute Gasteiger partial charge is 0.292 e. The largest absolute Gasteiger partial charge is 0.433 e. The second kappa shape index (κ2) is 7.23. The third-order valence-electron chi connectivity index (χ3n) is 5.45. The molecule has 0 atom stereocenters. The molecule has 1 aromatic carbocycles. The summed E-state index contributed by atoms with van der Waals surface area (Å²) in [5.74, 6) is -0.415. The first-order valence-corrected chi connectivity index (χ1v) is 9.49. The molecule has 0 radical (unpaired) electrons. The number of carbonyl (C=O) groups excluding carboxylic acids is 1. The highest BCUT2D eigenvalue weighted by Crippen LogP contribution is 2.28. The lowest BCUT2D eigenvalue weighted by molar-refractivity contribution is -0.141. The molecule has 30 heavy (non-hydrogen) atoms. The van der Waals surface area contributed by atoms with Crippen LogP contribution in [0.15, 0.2) is 39.9 Å². The number of ketones is 1. The highest BCUT2D eigenvalue weighted by Gasteiger charge is 2.33. The number of aryl methyl sites for hydroxylation is 3. The van der Waals surface area contributed by atoms with E-state index < -0.39 is 35.4 Å². The Morgan fingerprint density at radius 2 is 1.77 bits per heavy atom. The van der Waals surface area contributed by atoms with Gasteiger partial charge in [0.15, 0.2) is 5.78 Å². The van der Waals surface area contributed by atoms with Gasteiger partial charge in [-0.3, -0.25) is 18.7 Å². The van der Waals surface area contributed by atoms with Crippen molar-refractivity contribution in [3.8, 4) is 0 Å². The number of Topliss-reactive ketones (excluding diaryl/α,β-unsaturated/α-hetero) is 1. The van der Waals surface area contributed by atoms with Gasteiger partial charge in [-0.15, -0.1) is 0 Å². The highest BCUT2D eigenvalue weighted by molar-refractivity contribution is 5.96. The van der Waals surface area contributed by atoms with Crippen LogP contribution in [0, 0.1) is 0 Å². The number of nitrogens with zero attached hydrogens (tertiary/aromatic N) is 3. The SMILES string of the molecule is Cn1c(=O)n(CC(=O)c2ccc3c(c2)CCCC3)c(=O)c2ccc(C(F)(F)F)nc21. The van der Waals surface area contributed by atoms with Crippen molar-refractivity contribution in [2.24, 2.45) is 7.05 Å². The van der Waals surface area contributed by atoms with Gasteiger partial charge in [0.25, 0.3) is 5.56 Å². The van der Waals surface area contributed by atoms with E-state index in [-0.39, 0.29) is 11.0 Å². The molecule has 0 amide bonds. The first kappa shape index (κ1) is 20.1. The fourth-order valence-corrected chi connectivity index (χ4v) is 3.81. The number of alkyl halides is 3. The van der Waals surface area contributed by atoms with Crippen LogP contribution in [0.2, 0.25) is 0 Å². The van der Waals surface area contributed by atoms with Gasteiger partial charge in [0.05, 0.1) is 11.9 Å². The Labute approximate surface area is 168 Å². The molecule has 156 valence electrons. The second-order valence-corrected chi connectivity index (χ2v) is 7.41. The summed E-state index contributed by atoms with van der Waals surface area (Å²) in [4.78, 5) is 41.6. The minimum Gasteiger partial charge on any atom is -0.292 e. The van der Waals surface area contributed by atoms with Crippen LogP contribution in [-0.2, 0) is 32.6 Å². The molecule has 4 rings (SSSR count). The third kappa shape index (κ3) is 3.44. The summed E-state index contributed by atoms with van der Waals surface area (Å²) < 4.78 is 40.4. The van der Waals surface area contributed by atoms with Crippen molar-refractivity contribution >= 4 is 16.8 Å². The number of benzene rings is 1. The van der Waals surface area contributed by atoms with E-state index in [0.717, 1.165) is 46.4 Å². The van der Waals surface area contributed by atoms with Crippen molar-refractivity contribution in [2.75, 3.05) is 0 Å². The van der Waals surface area contributed by atoms with Crippen LogP contribution in [0.3, 0.4) is 0 Å². The van der Waals surface area contributed by atoms with Crippen LogP contribution < -0.4 is 11.2 Å². The van der Waals surface area contributed by atoms with Crippen LogP contribution in [-0.4, -0.2) is 19.9 Å². The lowest BCUT2D eigenvalue weighted by Gasteiger charge is -2.16. The van der Waals surface area contributed by atoms with E-state index in [1.165, 1.54) is 12.6 Å². The highest BCUT2D eigenvalue weighted by atomic mass is 19.4. The van der Waals surface area contributed by atoms with Crippen molar-refractivity contribution in [1.29, 1.82) is 0 Å². The summed E-state index contributed by atoms with van der Waals surface area (Å²) in [5, 5.41) is -0.164. The first-order chi connectivity index (χ1) is 14.2. The number of rotatable bonds is 3. The molecule has 0 unspecified atom stereocenters. The Morgan fingerprint density at radius 1 is 1.07 bits per heavy atom. The van der Waals surface area contributed by atoms with Crippen LogP contribution in [0.25, 0.3) is 11.0 Å². The van der Waals surface area contributed by atoms with Gasteiger partial charge >= 0.3 is 11.9 Å². The van der Waals surface area contributed by atoms with E-state index in [9.17, 15) is 27.6 Å². The van der Waals surface area contributed by atoms with Gasteiger partial charge in [-0.05, 0) is 55.0 Å². The normalized spacial score (nSPS) is 14.0. The molecule has 9 heteroatoms. The van der Waals surface area contributed by atoms with Gasteiger partial charge in [0.1, 0.15) is 11.3 Å². The van der Waals surface area contributed by atoms with Crippen molar-refractivity contribution in [3.05, 3.63) is 73.6 Å². The first-order valence-electron chi connectivity index (χ1n) is 9.49. The van der Waals surface area contributed by atoms with Gasteiger partial charge in [-0.1, -0.05) is 12.1 Å². The van der Waals surface area contributed by atoms with Gasteiger partial charge in [-0.2, -0.15) is 13.2 Å². The van der Waals surface area contributed by atoms with Crippen molar-refractivity contribution in [1.82, 2.24) is 14.1 Å². The summed E-state index contributed by atoms with van der Waals surface area (Å²) >= 11 is 0. The molecular formula is C21H18F3N3O3. The summed E-state index contributed by atoms with van der Waals surface area (Å²) in [7, 11) is 1.22. The molecule has 2 aromatic heterocycles. The van der Waals surface area contributed by atoms with Gasteiger partial charge < -0.3 is 0 Å². The number of aromatic nitrogens is 3. The summed E-state index contributed by atoms with van der Waals surface area (Å²) in [6.45, 7) is -0.499. The molecule has 0 fully saturated rings. The number of hydrogen-bond donors (Lipinski definition) is 0. The van der Waals surface area contributed by atoms with Gasteiger partial charge in [0, 0.05) is 12.6 Å². The van der Waals surface area contributed by atoms with Crippen LogP contribution in [0.5, 0.6) is 0 Å². The molecular weight excluding hydrogens is 399 g/mol. The molecule has 0 N–H and O–H groups in total. The number of hydrogen-bond acceptors (Lipinski definition) is 4. The van der Waals surface area contributed by atoms with Crippen LogP contribution in [0.1, 0.15) is 40.0 Å². The van der Waals surface area contributed by atoms with Crippen molar-refractivity contribution < 1.29 is 18.0 Å². The summed E-state index contributed by atoms with van der Waals surface area (Å²) in [6.07, 6.45) is -0.723. The zero-order valence-corrected chi connectivity index (χ0v) is 16.1. The van der Waals surface area contributed by atoms with Crippen molar-refractivity contribution in [3.63, 3.8) is 0 Å². The summed E-state index contributed by atoms with van der Waals surface area (Å²) in [6, 6.07) is 7.03. The maximum atomic E-state index is 12.9. The molecule has 1 aliphatic rings. The van der Waals surface area contributed by atoms with Gasteiger partial charge in [0.2, 0.25) is 0 Å². The Hall–Kier alpha value is -3.23. The van der Waals surface area contributed by atoms with E-state index in [2.05, 4.69) is 4.98 Å². The zero-order chi connectivity index (χ0) is 21.6. The number of pyridine rings is 1. The number of fused-ring (bicyclic) bond motifs is 2. The predicted octanol–water partition coefficient (Wildman–Crippen LogP) is 2.88. The second-order valence-electron chi connectivity index (χ2n) is 7.41. The molecule has 0 bridgehead atoms.